The molecule has 1 saturated heterocycles. The second-order valence-electron chi connectivity index (χ2n) is 6.17. The van der Waals surface area contributed by atoms with Gasteiger partial charge in [0.25, 0.3) is 0 Å². The number of nitrogens with zero attached hydrogens (tertiary/aromatic N) is 1. The van der Waals surface area contributed by atoms with Gasteiger partial charge >= 0.3 is 6.03 Å². The van der Waals surface area contributed by atoms with Crippen LogP contribution in [0.2, 0.25) is 0 Å². The van der Waals surface area contributed by atoms with Crippen LogP contribution in [0.4, 0.5) is 10.5 Å². The zero-order valence-electron chi connectivity index (χ0n) is 14.2. The number of likely N-dealkylation sites (tertiary alicyclic amines) is 1. The minimum Gasteiger partial charge on any atom is -0.354 e. The average molecular weight is 337 g/mol. The van der Waals surface area contributed by atoms with Gasteiger partial charge in [-0.05, 0) is 37.0 Å². The molecule has 0 radical (unpaired) electrons. The maximum Gasteiger partial charge on any atom is 0.322 e. The second kappa shape index (κ2) is 8.33. The summed E-state index contributed by atoms with van der Waals surface area (Å²) in [6.07, 6.45) is 2.34. The molecule has 2 N–H and O–H groups in total. The lowest BCUT2D eigenvalue weighted by Gasteiger charge is -2.24. The molecule has 130 valence electrons. The third-order valence-corrected chi connectivity index (χ3v) is 4.40. The molecule has 2 aromatic rings. The van der Waals surface area contributed by atoms with Crippen molar-refractivity contribution < 1.29 is 9.59 Å². The Hall–Kier alpha value is -2.82. The van der Waals surface area contributed by atoms with Crippen molar-refractivity contribution in [1.29, 1.82) is 0 Å². The van der Waals surface area contributed by atoms with E-state index in [1.807, 2.05) is 60.7 Å². The zero-order chi connectivity index (χ0) is 17.5. The van der Waals surface area contributed by atoms with E-state index in [4.69, 9.17) is 0 Å². The third kappa shape index (κ3) is 4.59. The minimum atomic E-state index is -0.389. The van der Waals surface area contributed by atoms with Gasteiger partial charge in [-0.3, -0.25) is 4.79 Å². The van der Waals surface area contributed by atoms with Crippen LogP contribution in [0.1, 0.15) is 18.4 Å². The standard InChI is InChI=1S/C20H23N3O2/c24-19(21-14-13-16-8-3-1-4-9-16)18-12-7-15-23(18)20(25)22-17-10-5-2-6-11-17/h1-6,8-11,18H,7,12-15H2,(H,21,24)(H,22,25)/t18-/m0/s1. The van der Waals surface area contributed by atoms with Crippen molar-refractivity contribution in [2.24, 2.45) is 0 Å². The Balaban J connectivity index is 1.51. The SMILES string of the molecule is O=C(NCCc1ccccc1)[C@@H]1CCCN1C(=O)Nc1ccccc1. The van der Waals surface area contributed by atoms with Gasteiger partial charge in [0.2, 0.25) is 5.91 Å². The summed E-state index contributed by atoms with van der Waals surface area (Å²) in [6, 6.07) is 18.7. The first-order chi connectivity index (χ1) is 12.2. The van der Waals surface area contributed by atoms with Crippen LogP contribution in [0.15, 0.2) is 60.7 Å². The molecular formula is C20H23N3O2. The van der Waals surface area contributed by atoms with Gasteiger partial charge in [0.15, 0.2) is 0 Å². The molecule has 0 bridgehead atoms. The number of hydrogen-bond acceptors (Lipinski definition) is 2. The topological polar surface area (TPSA) is 61.4 Å². The number of rotatable bonds is 5. The zero-order valence-corrected chi connectivity index (χ0v) is 14.2. The Morgan fingerprint density at radius 2 is 1.68 bits per heavy atom. The molecule has 5 heteroatoms. The van der Waals surface area contributed by atoms with Crippen molar-refractivity contribution in [2.75, 3.05) is 18.4 Å². The fraction of sp³-hybridized carbons (Fsp3) is 0.300. The number of amides is 3. The molecule has 0 unspecified atom stereocenters. The van der Waals surface area contributed by atoms with Crippen LogP contribution in [-0.2, 0) is 11.2 Å². The number of para-hydroxylation sites is 1. The molecule has 0 aromatic heterocycles. The largest absolute Gasteiger partial charge is 0.354 e. The maximum absolute atomic E-state index is 12.5. The van der Waals surface area contributed by atoms with Gasteiger partial charge in [0.05, 0.1) is 0 Å². The van der Waals surface area contributed by atoms with E-state index in [1.54, 1.807) is 4.90 Å². The van der Waals surface area contributed by atoms with Crippen LogP contribution < -0.4 is 10.6 Å². The monoisotopic (exact) mass is 337 g/mol. The lowest BCUT2D eigenvalue weighted by Crippen LogP contribution is -2.47. The quantitative estimate of drug-likeness (QED) is 0.881. The smallest absolute Gasteiger partial charge is 0.322 e. The molecule has 1 aliphatic heterocycles. The van der Waals surface area contributed by atoms with Crippen LogP contribution in [0.25, 0.3) is 0 Å². The number of benzene rings is 2. The highest BCUT2D eigenvalue weighted by Crippen LogP contribution is 2.19. The summed E-state index contributed by atoms with van der Waals surface area (Å²) in [5.74, 6) is -0.0726. The normalized spacial score (nSPS) is 16.5. The van der Waals surface area contributed by atoms with E-state index in [9.17, 15) is 9.59 Å². The molecule has 3 amide bonds. The maximum atomic E-state index is 12.5. The Morgan fingerprint density at radius 1 is 1.00 bits per heavy atom. The number of hydrogen-bond donors (Lipinski definition) is 2. The Bertz CT molecular complexity index is 703. The first kappa shape index (κ1) is 17.0. The predicted molar refractivity (Wildman–Crippen MR) is 98.3 cm³/mol. The molecule has 5 nitrogen and oxygen atoms in total. The molecular weight excluding hydrogens is 314 g/mol. The van der Waals surface area contributed by atoms with Gasteiger partial charge < -0.3 is 15.5 Å². The van der Waals surface area contributed by atoms with E-state index >= 15 is 0 Å². The fourth-order valence-electron chi connectivity index (χ4n) is 3.09. The van der Waals surface area contributed by atoms with Crippen molar-refractivity contribution in [1.82, 2.24) is 10.2 Å². The molecule has 25 heavy (non-hydrogen) atoms. The highest BCUT2D eigenvalue weighted by atomic mass is 16.2. The van der Waals surface area contributed by atoms with Crippen molar-refractivity contribution in [3.05, 3.63) is 66.2 Å². The molecule has 1 heterocycles. The molecule has 1 fully saturated rings. The van der Waals surface area contributed by atoms with Gasteiger partial charge in [-0.15, -0.1) is 0 Å². The van der Waals surface area contributed by atoms with Gasteiger partial charge in [0.1, 0.15) is 6.04 Å². The number of carbonyl (C=O) groups is 2. The summed E-state index contributed by atoms with van der Waals surface area (Å²) in [4.78, 5) is 26.6. The summed E-state index contributed by atoms with van der Waals surface area (Å²) in [6.45, 7) is 1.18. The van der Waals surface area contributed by atoms with Crippen LogP contribution in [0, 0.1) is 0 Å². The minimum absolute atomic E-state index is 0.0726. The van der Waals surface area contributed by atoms with E-state index in [0.717, 1.165) is 18.5 Å². The van der Waals surface area contributed by atoms with Crippen LogP contribution in [0.3, 0.4) is 0 Å². The van der Waals surface area contributed by atoms with Crippen molar-refractivity contribution in [2.45, 2.75) is 25.3 Å². The lowest BCUT2D eigenvalue weighted by molar-refractivity contribution is -0.124. The molecule has 3 rings (SSSR count). The Morgan fingerprint density at radius 3 is 2.40 bits per heavy atom. The van der Waals surface area contributed by atoms with E-state index in [1.165, 1.54) is 5.56 Å². The molecule has 2 aromatic carbocycles. The third-order valence-electron chi connectivity index (χ3n) is 4.40. The number of nitrogens with one attached hydrogen (secondary N) is 2. The van der Waals surface area contributed by atoms with Gasteiger partial charge in [-0.25, -0.2) is 4.79 Å². The fourth-order valence-corrected chi connectivity index (χ4v) is 3.09. The van der Waals surface area contributed by atoms with Gasteiger partial charge in [0, 0.05) is 18.8 Å². The number of carbonyl (C=O) groups excluding carboxylic acids is 2. The Labute approximate surface area is 148 Å². The van der Waals surface area contributed by atoms with E-state index in [-0.39, 0.29) is 18.0 Å². The van der Waals surface area contributed by atoms with Crippen LogP contribution >= 0.6 is 0 Å². The average Bonchev–Trinajstić information content (AvgIpc) is 3.13. The van der Waals surface area contributed by atoms with Crippen molar-refractivity contribution >= 4 is 17.6 Å². The number of anilines is 1. The highest BCUT2D eigenvalue weighted by Gasteiger charge is 2.33. The molecule has 1 aliphatic rings. The Kier molecular flexibility index (Phi) is 5.67. The van der Waals surface area contributed by atoms with E-state index < -0.39 is 0 Å². The van der Waals surface area contributed by atoms with Crippen LogP contribution in [0.5, 0.6) is 0 Å². The summed E-state index contributed by atoms with van der Waals surface area (Å²) >= 11 is 0. The summed E-state index contributed by atoms with van der Waals surface area (Å²) in [5.41, 5.74) is 1.93. The van der Waals surface area contributed by atoms with Crippen molar-refractivity contribution in [3.8, 4) is 0 Å². The molecule has 0 aliphatic carbocycles. The van der Waals surface area contributed by atoms with E-state index in [0.29, 0.717) is 19.5 Å². The first-order valence-electron chi connectivity index (χ1n) is 8.68. The molecule has 1 atom stereocenters. The summed E-state index contributed by atoms with van der Waals surface area (Å²) in [7, 11) is 0. The second-order valence-corrected chi connectivity index (χ2v) is 6.17. The predicted octanol–water partition coefficient (Wildman–Crippen LogP) is 3.04. The van der Waals surface area contributed by atoms with Crippen molar-refractivity contribution in [3.63, 3.8) is 0 Å². The first-order valence-corrected chi connectivity index (χ1v) is 8.68. The molecule has 0 saturated carbocycles. The van der Waals surface area contributed by atoms with E-state index in [2.05, 4.69) is 10.6 Å². The number of urea groups is 1. The highest BCUT2D eigenvalue weighted by molar-refractivity contribution is 5.94. The summed E-state index contributed by atoms with van der Waals surface area (Å²) in [5, 5.41) is 5.82. The molecule has 0 spiro atoms. The van der Waals surface area contributed by atoms with Gasteiger partial charge in [-0.2, -0.15) is 0 Å². The van der Waals surface area contributed by atoms with Crippen LogP contribution in [-0.4, -0.2) is 36.0 Å². The lowest BCUT2D eigenvalue weighted by atomic mass is 10.1. The summed E-state index contributed by atoms with van der Waals surface area (Å²) < 4.78 is 0. The van der Waals surface area contributed by atoms with Gasteiger partial charge in [-0.1, -0.05) is 48.5 Å².